The Hall–Kier alpha value is -1.63. The van der Waals surface area contributed by atoms with Gasteiger partial charge in [0.15, 0.2) is 6.17 Å². The minimum atomic E-state index is -1.33. The molecule has 1 amide bonds. The Bertz CT molecular complexity index is 580. The van der Waals surface area contributed by atoms with Crippen molar-refractivity contribution in [3.8, 4) is 5.88 Å². The number of amides is 1. The fourth-order valence-electron chi connectivity index (χ4n) is 2.18. The summed E-state index contributed by atoms with van der Waals surface area (Å²) in [5.74, 6) is 0.267. The van der Waals surface area contributed by atoms with Crippen LogP contribution in [0.4, 0.5) is 9.18 Å². The van der Waals surface area contributed by atoms with Crippen molar-refractivity contribution in [1.29, 1.82) is 0 Å². The zero-order chi connectivity index (χ0) is 17.2. The third-order valence-corrected chi connectivity index (χ3v) is 3.75. The lowest BCUT2D eigenvalue weighted by Crippen LogP contribution is -2.50. The van der Waals surface area contributed by atoms with E-state index in [0.29, 0.717) is 18.5 Å². The summed E-state index contributed by atoms with van der Waals surface area (Å²) in [6.07, 6.45) is -0.905. The zero-order valence-electron chi connectivity index (χ0n) is 13.7. The van der Waals surface area contributed by atoms with Crippen LogP contribution in [0.25, 0.3) is 0 Å². The number of alkyl halides is 1. The van der Waals surface area contributed by atoms with Crippen LogP contribution < -0.4 is 4.74 Å². The van der Waals surface area contributed by atoms with E-state index in [0.717, 1.165) is 0 Å². The van der Waals surface area contributed by atoms with Crippen LogP contribution in [0.2, 0.25) is 5.15 Å². The standard InChI is InChI=1S/C15H21ClFN3O3/c1-9-12(16)18-8-19-13(9)22-11-5-6-20(7-10(11)17)14(21)23-15(2,3)4/h8,10-11H,5-7H2,1-4H3. The number of rotatable bonds is 2. The number of aromatic nitrogens is 2. The van der Waals surface area contributed by atoms with Crippen molar-refractivity contribution in [1.82, 2.24) is 14.9 Å². The highest BCUT2D eigenvalue weighted by atomic mass is 35.5. The molecule has 6 nitrogen and oxygen atoms in total. The Morgan fingerprint density at radius 2 is 2.13 bits per heavy atom. The molecule has 1 aromatic rings. The van der Waals surface area contributed by atoms with Crippen molar-refractivity contribution >= 4 is 17.7 Å². The number of ether oxygens (including phenoxy) is 2. The number of carbonyl (C=O) groups excluding carboxylic acids is 1. The fourth-order valence-corrected chi connectivity index (χ4v) is 2.31. The van der Waals surface area contributed by atoms with Gasteiger partial charge in [-0.3, -0.25) is 0 Å². The summed E-state index contributed by atoms with van der Waals surface area (Å²) in [6, 6.07) is 0. The predicted octanol–water partition coefficient (Wildman–Crippen LogP) is 3.16. The Morgan fingerprint density at radius 3 is 2.74 bits per heavy atom. The number of halogens is 2. The topological polar surface area (TPSA) is 64.6 Å². The SMILES string of the molecule is Cc1c(Cl)ncnc1OC1CCN(C(=O)OC(C)(C)C)CC1F. The maximum Gasteiger partial charge on any atom is 0.410 e. The van der Waals surface area contributed by atoms with Crippen LogP contribution >= 0.6 is 11.6 Å². The molecular weight excluding hydrogens is 325 g/mol. The van der Waals surface area contributed by atoms with Gasteiger partial charge in [-0.1, -0.05) is 11.6 Å². The summed E-state index contributed by atoms with van der Waals surface area (Å²) >= 11 is 5.90. The van der Waals surface area contributed by atoms with Gasteiger partial charge in [-0.15, -0.1) is 0 Å². The van der Waals surface area contributed by atoms with Gasteiger partial charge in [-0.25, -0.2) is 19.2 Å². The lowest BCUT2D eigenvalue weighted by Gasteiger charge is -2.35. The molecule has 0 saturated carbocycles. The molecule has 1 aliphatic rings. The van der Waals surface area contributed by atoms with E-state index in [1.165, 1.54) is 11.2 Å². The fraction of sp³-hybridized carbons (Fsp3) is 0.667. The summed E-state index contributed by atoms with van der Waals surface area (Å²) in [5.41, 5.74) is -0.0404. The van der Waals surface area contributed by atoms with Crippen molar-refractivity contribution in [2.45, 2.75) is 52.0 Å². The zero-order valence-corrected chi connectivity index (χ0v) is 14.4. The first-order valence-corrected chi connectivity index (χ1v) is 7.81. The van der Waals surface area contributed by atoms with Crippen LogP contribution in [0.3, 0.4) is 0 Å². The molecule has 8 heteroatoms. The number of hydrogen-bond donors (Lipinski definition) is 0. The Morgan fingerprint density at radius 1 is 1.43 bits per heavy atom. The van der Waals surface area contributed by atoms with E-state index in [1.807, 2.05) is 0 Å². The highest BCUT2D eigenvalue weighted by Crippen LogP contribution is 2.25. The second-order valence-corrected chi connectivity index (χ2v) is 6.84. The second kappa shape index (κ2) is 6.86. The average Bonchev–Trinajstić information content (AvgIpc) is 2.44. The quantitative estimate of drug-likeness (QED) is 0.770. The molecule has 2 rings (SSSR count). The van der Waals surface area contributed by atoms with Gasteiger partial charge in [0.2, 0.25) is 5.88 Å². The number of hydrogen-bond acceptors (Lipinski definition) is 5. The molecule has 128 valence electrons. The van der Waals surface area contributed by atoms with Crippen molar-refractivity contribution < 1.29 is 18.7 Å². The van der Waals surface area contributed by atoms with E-state index in [4.69, 9.17) is 21.1 Å². The largest absolute Gasteiger partial charge is 0.471 e. The van der Waals surface area contributed by atoms with Gasteiger partial charge < -0.3 is 14.4 Å². The third-order valence-electron chi connectivity index (χ3n) is 3.37. The van der Waals surface area contributed by atoms with Crippen LogP contribution in [0.15, 0.2) is 6.33 Å². The average molecular weight is 346 g/mol. The monoisotopic (exact) mass is 345 g/mol. The first-order chi connectivity index (χ1) is 10.7. The van der Waals surface area contributed by atoms with E-state index >= 15 is 0 Å². The second-order valence-electron chi connectivity index (χ2n) is 6.48. The minimum Gasteiger partial charge on any atom is -0.471 e. The molecule has 0 bridgehead atoms. The minimum absolute atomic E-state index is 0.0720. The van der Waals surface area contributed by atoms with E-state index < -0.39 is 24.0 Å². The summed E-state index contributed by atoms with van der Waals surface area (Å²) in [6.45, 7) is 7.32. The maximum absolute atomic E-state index is 14.4. The Balaban J connectivity index is 1.96. The van der Waals surface area contributed by atoms with Crippen LogP contribution in [-0.4, -0.2) is 51.9 Å². The molecule has 2 unspecified atom stereocenters. The van der Waals surface area contributed by atoms with E-state index in [2.05, 4.69) is 9.97 Å². The van der Waals surface area contributed by atoms with Crippen LogP contribution in [0.5, 0.6) is 5.88 Å². The molecule has 1 fully saturated rings. The van der Waals surface area contributed by atoms with Crippen molar-refractivity contribution in [3.05, 3.63) is 17.0 Å². The first-order valence-electron chi connectivity index (χ1n) is 7.43. The smallest absolute Gasteiger partial charge is 0.410 e. The molecule has 2 atom stereocenters. The molecule has 0 radical (unpaired) electrons. The summed E-state index contributed by atoms with van der Waals surface area (Å²) in [5, 5.41) is 0.275. The Labute approximate surface area is 139 Å². The molecule has 0 aliphatic carbocycles. The van der Waals surface area contributed by atoms with Crippen LogP contribution in [-0.2, 0) is 4.74 Å². The van der Waals surface area contributed by atoms with E-state index in [1.54, 1.807) is 27.7 Å². The molecule has 1 saturated heterocycles. The van der Waals surface area contributed by atoms with Crippen LogP contribution in [0.1, 0.15) is 32.8 Å². The number of likely N-dealkylation sites (tertiary alicyclic amines) is 1. The van der Waals surface area contributed by atoms with Crippen molar-refractivity contribution in [2.75, 3.05) is 13.1 Å². The summed E-state index contributed by atoms with van der Waals surface area (Å²) < 4.78 is 25.2. The number of carbonyl (C=O) groups is 1. The molecule has 2 heterocycles. The molecule has 23 heavy (non-hydrogen) atoms. The highest BCUT2D eigenvalue weighted by molar-refractivity contribution is 6.30. The van der Waals surface area contributed by atoms with E-state index in [9.17, 15) is 9.18 Å². The lowest BCUT2D eigenvalue weighted by molar-refractivity contribution is -0.0116. The predicted molar refractivity (Wildman–Crippen MR) is 83.5 cm³/mol. The van der Waals surface area contributed by atoms with Gasteiger partial charge in [-0.2, -0.15) is 0 Å². The Kier molecular flexibility index (Phi) is 5.29. The first kappa shape index (κ1) is 17.7. The normalized spacial score (nSPS) is 21.9. The van der Waals surface area contributed by atoms with Gasteiger partial charge in [0.25, 0.3) is 0 Å². The van der Waals surface area contributed by atoms with E-state index in [-0.39, 0.29) is 17.6 Å². The van der Waals surface area contributed by atoms with Gasteiger partial charge in [0, 0.05) is 18.5 Å². The van der Waals surface area contributed by atoms with Gasteiger partial charge >= 0.3 is 6.09 Å². The lowest BCUT2D eigenvalue weighted by atomic mass is 10.1. The molecule has 0 spiro atoms. The van der Waals surface area contributed by atoms with Gasteiger partial charge in [0.1, 0.15) is 23.2 Å². The molecular formula is C15H21ClFN3O3. The maximum atomic E-state index is 14.4. The number of piperidine rings is 1. The molecule has 0 aromatic carbocycles. The molecule has 1 aliphatic heterocycles. The van der Waals surface area contributed by atoms with Crippen LogP contribution in [0, 0.1) is 6.92 Å². The third kappa shape index (κ3) is 4.67. The summed E-state index contributed by atoms with van der Waals surface area (Å²) in [4.78, 5) is 21.2. The molecule has 0 N–H and O–H groups in total. The van der Waals surface area contributed by atoms with Crippen molar-refractivity contribution in [3.63, 3.8) is 0 Å². The van der Waals surface area contributed by atoms with Gasteiger partial charge in [0.05, 0.1) is 6.54 Å². The highest BCUT2D eigenvalue weighted by Gasteiger charge is 2.35. The van der Waals surface area contributed by atoms with Crippen molar-refractivity contribution in [2.24, 2.45) is 0 Å². The van der Waals surface area contributed by atoms with Gasteiger partial charge in [-0.05, 0) is 27.7 Å². The molecule has 1 aromatic heterocycles. The summed E-state index contributed by atoms with van der Waals surface area (Å²) in [7, 11) is 0. The number of nitrogens with zero attached hydrogens (tertiary/aromatic N) is 3.